The summed E-state index contributed by atoms with van der Waals surface area (Å²) in [7, 11) is -4.34. The molecule has 0 radical (unpaired) electrons. The fraction of sp³-hybridized carbons (Fsp3) is 0.125. The SMILES string of the molecule is O=c1oc2cc(S(=O)(=O)Nc3ncns3)c(F)cc2n1[C@@H]1C[C@@H](c2ccccc2)Oc2ccccc21. The minimum Gasteiger partial charge on any atom is -0.485 e. The van der Waals surface area contributed by atoms with E-state index in [9.17, 15) is 13.2 Å². The maximum absolute atomic E-state index is 15.2. The minimum absolute atomic E-state index is 0.0145. The molecule has 0 aliphatic carbocycles. The molecule has 182 valence electrons. The number of fused-ring (bicyclic) bond motifs is 2. The van der Waals surface area contributed by atoms with Gasteiger partial charge in [0.15, 0.2) is 5.58 Å². The van der Waals surface area contributed by atoms with Gasteiger partial charge in [-0.3, -0.25) is 9.29 Å². The lowest BCUT2D eigenvalue weighted by Gasteiger charge is -2.32. The van der Waals surface area contributed by atoms with E-state index in [0.717, 1.165) is 34.8 Å². The van der Waals surface area contributed by atoms with Gasteiger partial charge in [-0.1, -0.05) is 48.5 Å². The molecule has 3 aromatic carbocycles. The highest BCUT2D eigenvalue weighted by atomic mass is 32.2. The second kappa shape index (κ2) is 8.57. The smallest absolute Gasteiger partial charge is 0.420 e. The molecular formula is C24H17FN4O5S2. The number of benzene rings is 3. The summed E-state index contributed by atoms with van der Waals surface area (Å²) in [6, 6.07) is 18.4. The zero-order chi connectivity index (χ0) is 24.9. The monoisotopic (exact) mass is 524 g/mol. The lowest BCUT2D eigenvalue weighted by Crippen LogP contribution is -2.28. The molecule has 6 rings (SSSR count). The van der Waals surface area contributed by atoms with E-state index in [0.29, 0.717) is 12.2 Å². The highest BCUT2D eigenvalue weighted by Gasteiger charge is 2.33. The number of hydrogen-bond acceptors (Lipinski definition) is 8. The van der Waals surface area contributed by atoms with Crippen molar-refractivity contribution in [3.8, 4) is 5.75 Å². The quantitative estimate of drug-likeness (QED) is 0.360. The number of ether oxygens (including phenoxy) is 1. The maximum atomic E-state index is 15.2. The molecule has 0 amide bonds. The first-order valence-electron chi connectivity index (χ1n) is 10.9. The van der Waals surface area contributed by atoms with Crippen LogP contribution in [0.5, 0.6) is 5.75 Å². The fourth-order valence-corrected chi connectivity index (χ4v) is 6.17. The number of aromatic nitrogens is 3. The Balaban J connectivity index is 1.47. The van der Waals surface area contributed by atoms with Gasteiger partial charge in [-0.25, -0.2) is 22.6 Å². The average Bonchev–Trinajstić information content (AvgIpc) is 3.49. The summed E-state index contributed by atoms with van der Waals surface area (Å²) in [5.74, 6) is -1.16. The second-order valence-corrected chi connectivity index (χ2v) is 10.6. The zero-order valence-corrected chi connectivity index (χ0v) is 20.0. The van der Waals surface area contributed by atoms with E-state index in [4.69, 9.17) is 9.15 Å². The Morgan fingerprint density at radius 1 is 1.08 bits per heavy atom. The van der Waals surface area contributed by atoms with Crippen LogP contribution in [0.4, 0.5) is 9.52 Å². The molecule has 1 N–H and O–H groups in total. The molecule has 12 heteroatoms. The van der Waals surface area contributed by atoms with Crippen LogP contribution in [0.1, 0.15) is 29.7 Å². The van der Waals surface area contributed by atoms with Crippen molar-refractivity contribution in [2.75, 3.05) is 4.72 Å². The van der Waals surface area contributed by atoms with Crippen molar-refractivity contribution in [1.29, 1.82) is 0 Å². The Labute approximate surface area is 208 Å². The molecule has 2 atom stereocenters. The highest BCUT2D eigenvalue weighted by molar-refractivity contribution is 7.93. The van der Waals surface area contributed by atoms with Crippen molar-refractivity contribution >= 4 is 37.8 Å². The van der Waals surface area contributed by atoms with Gasteiger partial charge in [-0.15, -0.1) is 0 Å². The van der Waals surface area contributed by atoms with Gasteiger partial charge in [-0.05, 0) is 11.6 Å². The normalized spacial score (nSPS) is 17.5. The van der Waals surface area contributed by atoms with Crippen molar-refractivity contribution in [3.05, 3.63) is 101 Å². The van der Waals surface area contributed by atoms with Crippen LogP contribution in [0.15, 0.2) is 87.2 Å². The second-order valence-electron chi connectivity index (χ2n) is 8.15. The Kier molecular flexibility index (Phi) is 5.34. The van der Waals surface area contributed by atoms with Crippen LogP contribution in [0.3, 0.4) is 0 Å². The zero-order valence-electron chi connectivity index (χ0n) is 18.4. The molecule has 2 aromatic heterocycles. The number of oxazole rings is 1. The Morgan fingerprint density at radius 2 is 1.86 bits per heavy atom. The maximum Gasteiger partial charge on any atom is 0.420 e. The molecule has 0 spiro atoms. The first-order chi connectivity index (χ1) is 17.4. The molecule has 1 aliphatic heterocycles. The standard InChI is InChI=1S/C24H17FN4O5S2/c25-16-10-18-21(12-22(16)36(31,32)28-23-26-13-27-35-23)34-24(30)29(18)17-11-20(14-6-2-1-3-7-14)33-19-9-5-4-8-15(17)19/h1-10,12-13,17,20H,11H2,(H,26,27,28)/t17-,20+/m1/s1. The van der Waals surface area contributed by atoms with Crippen LogP contribution in [0.2, 0.25) is 0 Å². The van der Waals surface area contributed by atoms with Crippen molar-refractivity contribution in [1.82, 2.24) is 13.9 Å². The number of nitrogens with zero attached hydrogens (tertiary/aromatic N) is 3. The van der Waals surface area contributed by atoms with Gasteiger partial charge >= 0.3 is 5.76 Å². The topological polar surface area (TPSA) is 116 Å². The molecule has 3 heterocycles. The fourth-order valence-electron chi connectivity index (χ4n) is 4.44. The van der Waals surface area contributed by atoms with Crippen molar-refractivity contribution in [3.63, 3.8) is 0 Å². The molecule has 0 fully saturated rings. The molecular weight excluding hydrogens is 507 g/mol. The van der Waals surface area contributed by atoms with E-state index in [-0.39, 0.29) is 22.3 Å². The third kappa shape index (κ3) is 3.84. The van der Waals surface area contributed by atoms with E-state index in [1.807, 2.05) is 54.6 Å². The Hall–Kier alpha value is -4.03. The highest BCUT2D eigenvalue weighted by Crippen LogP contribution is 2.43. The number of hydrogen-bond donors (Lipinski definition) is 1. The molecule has 9 nitrogen and oxygen atoms in total. The number of anilines is 1. The van der Waals surface area contributed by atoms with E-state index < -0.39 is 32.5 Å². The molecule has 0 saturated heterocycles. The van der Waals surface area contributed by atoms with E-state index >= 15 is 4.39 Å². The predicted octanol–water partition coefficient (Wildman–Crippen LogP) is 4.50. The lowest BCUT2D eigenvalue weighted by atomic mass is 9.92. The molecule has 36 heavy (non-hydrogen) atoms. The molecule has 5 aromatic rings. The lowest BCUT2D eigenvalue weighted by molar-refractivity contribution is 0.152. The summed E-state index contributed by atoms with van der Waals surface area (Å²) in [6.45, 7) is 0. The summed E-state index contributed by atoms with van der Waals surface area (Å²) in [5.41, 5.74) is 1.75. The number of para-hydroxylation sites is 1. The van der Waals surface area contributed by atoms with E-state index in [1.54, 1.807) is 0 Å². The average molecular weight is 525 g/mol. The predicted molar refractivity (Wildman–Crippen MR) is 130 cm³/mol. The van der Waals surface area contributed by atoms with Crippen LogP contribution in [0.25, 0.3) is 11.1 Å². The summed E-state index contributed by atoms with van der Waals surface area (Å²) in [6.07, 6.45) is 1.20. The van der Waals surface area contributed by atoms with Crippen LogP contribution in [0, 0.1) is 5.82 Å². The van der Waals surface area contributed by atoms with Crippen molar-refractivity contribution in [2.24, 2.45) is 0 Å². The minimum atomic E-state index is -4.34. The van der Waals surface area contributed by atoms with Gasteiger partial charge in [0.05, 0.1) is 11.6 Å². The van der Waals surface area contributed by atoms with Gasteiger partial charge in [-0.2, -0.15) is 4.37 Å². The molecule has 1 aliphatic rings. The summed E-state index contributed by atoms with van der Waals surface area (Å²) >= 11 is 0.808. The molecule has 0 saturated carbocycles. The van der Waals surface area contributed by atoms with Gasteiger partial charge in [0.2, 0.25) is 5.13 Å². The number of sulfonamides is 1. The number of rotatable bonds is 5. The first-order valence-corrected chi connectivity index (χ1v) is 13.1. The number of halogens is 1. The van der Waals surface area contributed by atoms with E-state index in [1.165, 1.54) is 10.9 Å². The third-order valence-corrected chi connectivity index (χ3v) is 8.07. The third-order valence-electron chi connectivity index (χ3n) is 6.01. The number of nitrogens with one attached hydrogen (secondary N) is 1. The summed E-state index contributed by atoms with van der Waals surface area (Å²) < 4.78 is 59.6. The molecule has 0 unspecified atom stereocenters. The summed E-state index contributed by atoms with van der Waals surface area (Å²) in [4.78, 5) is 16.2. The van der Waals surface area contributed by atoms with E-state index in [2.05, 4.69) is 14.1 Å². The van der Waals surface area contributed by atoms with Gasteiger partial charge in [0.25, 0.3) is 10.0 Å². The first kappa shape index (κ1) is 22.4. The molecule has 0 bridgehead atoms. The van der Waals surface area contributed by atoms with Crippen LogP contribution >= 0.6 is 11.5 Å². The Bertz CT molecular complexity index is 1730. The Morgan fingerprint density at radius 3 is 2.64 bits per heavy atom. The van der Waals surface area contributed by atoms with Gasteiger partial charge in [0, 0.05) is 35.6 Å². The van der Waals surface area contributed by atoms with Crippen LogP contribution < -0.4 is 15.2 Å². The summed E-state index contributed by atoms with van der Waals surface area (Å²) in [5, 5.41) is -0.0145. The van der Waals surface area contributed by atoms with Crippen LogP contribution in [-0.4, -0.2) is 22.3 Å². The van der Waals surface area contributed by atoms with Crippen molar-refractivity contribution < 1.29 is 22.0 Å². The van der Waals surface area contributed by atoms with Crippen molar-refractivity contribution in [2.45, 2.75) is 23.5 Å². The largest absolute Gasteiger partial charge is 0.485 e. The van der Waals surface area contributed by atoms with Crippen LogP contribution in [-0.2, 0) is 10.0 Å². The van der Waals surface area contributed by atoms with Gasteiger partial charge in [0.1, 0.15) is 28.9 Å². The van der Waals surface area contributed by atoms with Gasteiger partial charge < -0.3 is 9.15 Å².